The van der Waals surface area contributed by atoms with Gasteiger partial charge in [-0.05, 0) is 42.8 Å². The van der Waals surface area contributed by atoms with E-state index in [1.807, 2.05) is 5.38 Å². The number of nitrogens with zero attached hydrogens (tertiary/aromatic N) is 1. The van der Waals surface area contributed by atoms with E-state index in [2.05, 4.69) is 10.4 Å². The second-order valence-electron chi connectivity index (χ2n) is 3.36. The molecule has 0 atom stereocenters. The molecular weight excluding hydrogens is 198 g/mol. The quantitative estimate of drug-likeness (QED) is 0.814. The van der Waals surface area contributed by atoms with Crippen molar-refractivity contribution in [3.63, 3.8) is 0 Å². The average Bonchev–Trinajstić information content (AvgIpc) is 2.67. The number of carboxylic acid groups (broad SMARTS) is 1. The zero-order valence-corrected chi connectivity index (χ0v) is 8.51. The maximum Gasteiger partial charge on any atom is 0.356 e. The van der Waals surface area contributed by atoms with Gasteiger partial charge in [-0.15, -0.1) is 0 Å². The number of hydrogen-bond acceptors (Lipinski definition) is 3. The Bertz CT molecular complexity index is 381. The number of hydrogen-bond donors (Lipinski definition) is 1. The molecule has 0 saturated heterocycles. The molecule has 0 spiro atoms. The van der Waals surface area contributed by atoms with Crippen LogP contribution >= 0.6 is 11.5 Å². The van der Waals surface area contributed by atoms with Crippen molar-refractivity contribution in [3.05, 3.63) is 22.7 Å². The van der Waals surface area contributed by atoms with Crippen molar-refractivity contribution in [2.45, 2.75) is 25.7 Å². The molecule has 1 heterocycles. The summed E-state index contributed by atoms with van der Waals surface area (Å²) in [7, 11) is 0. The summed E-state index contributed by atoms with van der Waals surface area (Å²) in [6.45, 7) is 0. The molecule has 0 aliphatic heterocycles. The van der Waals surface area contributed by atoms with E-state index < -0.39 is 5.97 Å². The standard InChI is InChI=1S/C10H11NO2S/c12-10(13)9-8(6-14-11-9)7-4-2-1-3-5-7/h4,6H,1-3,5H2,(H,12,13). The molecule has 1 aromatic heterocycles. The predicted octanol–water partition coefficient (Wildman–Crippen LogP) is 2.80. The van der Waals surface area contributed by atoms with Crippen molar-refractivity contribution >= 4 is 23.1 Å². The van der Waals surface area contributed by atoms with Crippen LogP contribution in [0, 0.1) is 0 Å². The summed E-state index contributed by atoms with van der Waals surface area (Å²) in [6.07, 6.45) is 6.55. The minimum Gasteiger partial charge on any atom is -0.476 e. The summed E-state index contributed by atoms with van der Waals surface area (Å²) in [5.41, 5.74) is 2.19. The Balaban J connectivity index is 2.35. The van der Waals surface area contributed by atoms with E-state index in [4.69, 9.17) is 5.11 Å². The molecule has 0 unspecified atom stereocenters. The lowest BCUT2D eigenvalue weighted by Crippen LogP contribution is -2.02. The third-order valence-electron chi connectivity index (χ3n) is 2.41. The van der Waals surface area contributed by atoms with E-state index in [9.17, 15) is 4.79 Å². The number of aromatic nitrogens is 1. The normalized spacial score (nSPS) is 16.4. The van der Waals surface area contributed by atoms with Crippen molar-refractivity contribution in [2.75, 3.05) is 0 Å². The van der Waals surface area contributed by atoms with Crippen LogP contribution in [0.2, 0.25) is 0 Å². The molecule has 1 aromatic rings. The lowest BCUT2D eigenvalue weighted by Gasteiger charge is -2.11. The van der Waals surface area contributed by atoms with E-state index >= 15 is 0 Å². The van der Waals surface area contributed by atoms with Crippen molar-refractivity contribution in [1.82, 2.24) is 4.37 Å². The number of carbonyl (C=O) groups is 1. The third kappa shape index (κ3) is 1.70. The molecule has 0 fully saturated rings. The molecule has 0 saturated carbocycles. The Morgan fingerprint density at radius 3 is 3.00 bits per heavy atom. The van der Waals surface area contributed by atoms with Crippen LogP contribution in [-0.4, -0.2) is 15.4 Å². The van der Waals surface area contributed by atoms with Crippen LogP contribution in [0.3, 0.4) is 0 Å². The number of rotatable bonds is 2. The van der Waals surface area contributed by atoms with Gasteiger partial charge < -0.3 is 5.11 Å². The van der Waals surface area contributed by atoms with Crippen molar-refractivity contribution in [1.29, 1.82) is 0 Å². The molecule has 2 rings (SSSR count). The highest BCUT2D eigenvalue weighted by molar-refractivity contribution is 7.04. The highest BCUT2D eigenvalue weighted by atomic mass is 32.1. The van der Waals surface area contributed by atoms with Crippen LogP contribution in [0.4, 0.5) is 0 Å². The van der Waals surface area contributed by atoms with E-state index in [1.165, 1.54) is 18.0 Å². The predicted molar refractivity (Wildman–Crippen MR) is 55.5 cm³/mol. The summed E-state index contributed by atoms with van der Waals surface area (Å²) >= 11 is 1.22. The van der Waals surface area contributed by atoms with Gasteiger partial charge in [-0.25, -0.2) is 4.79 Å². The average molecular weight is 209 g/mol. The van der Waals surface area contributed by atoms with Gasteiger partial charge >= 0.3 is 5.97 Å². The van der Waals surface area contributed by atoms with Gasteiger partial charge in [0.25, 0.3) is 0 Å². The minimum absolute atomic E-state index is 0.211. The lowest BCUT2D eigenvalue weighted by molar-refractivity contribution is 0.0691. The second-order valence-corrected chi connectivity index (χ2v) is 3.99. The van der Waals surface area contributed by atoms with Gasteiger partial charge in [0.2, 0.25) is 0 Å². The van der Waals surface area contributed by atoms with Crippen LogP contribution in [0.25, 0.3) is 5.57 Å². The molecule has 4 heteroatoms. The Morgan fingerprint density at radius 2 is 2.36 bits per heavy atom. The lowest BCUT2D eigenvalue weighted by atomic mass is 9.94. The van der Waals surface area contributed by atoms with E-state index in [-0.39, 0.29) is 5.69 Å². The van der Waals surface area contributed by atoms with Crippen molar-refractivity contribution in [2.24, 2.45) is 0 Å². The highest BCUT2D eigenvalue weighted by Crippen LogP contribution is 2.29. The number of allylic oxidation sites excluding steroid dienone is 2. The summed E-state index contributed by atoms with van der Waals surface area (Å²) in [5.74, 6) is -0.923. The summed E-state index contributed by atoms with van der Waals surface area (Å²) < 4.78 is 3.89. The van der Waals surface area contributed by atoms with Gasteiger partial charge in [0.1, 0.15) is 0 Å². The van der Waals surface area contributed by atoms with Crippen LogP contribution in [-0.2, 0) is 0 Å². The maximum absolute atomic E-state index is 10.8. The summed E-state index contributed by atoms with van der Waals surface area (Å²) in [6, 6.07) is 0. The fourth-order valence-corrected chi connectivity index (χ4v) is 2.40. The molecule has 0 bridgehead atoms. The number of aromatic carboxylic acids is 1. The molecule has 0 aromatic carbocycles. The van der Waals surface area contributed by atoms with Crippen molar-refractivity contribution in [3.8, 4) is 0 Å². The molecule has 0 amide bonds. The van der Waals surface area contributed by atoms with E-state index in [0.29, 0.717) is 0 Å². The Hall–Kier alpha value is -1.16. The highest BCUT2D eigenvalue weighted by Gasteiger charge is 2.17. The van der Waals surface area contributed by atoms with Crippen LogP contribution in [0.1, 0.15) is 41.7 Å². The summed E-state index contributed by atoms with van der Waals surface area (Å²) in [4.78, 5) is 10.8. The molecule has 1 N–H and O–H groups in total. The second kappa shape index (κ2) is 3.92. The monoisotopic (exact) mass is 209 g/mol. The largest absolute Gasteiger partial charge is 0.476 e. The topological polar surface area (TPSA) is 50.2 Å². The first-order chi connectivity index (χ1) is 6.79. The van der Waals surface area contributed by atoms with Crippen LogP contribution < -0.4 is 0 Å². The Labute approximate surface area is 86.2 Å². The van der Waals surface area contributed by atoms with Crippen molar-refractivity contribution < 1.29 is 9.90 Å². The minimum atomic E-state index is -0.923. The zero-order chi connectivity index (χ0) is 9.97. The van der Waals surface area contributed by atoms with E-state index in [0.717, 1.165) is 30.4 Å². The van der Waals surface area contributed by atoms with Gasteiger partial charge in [0.05, 0.1) is 0 Å². The third-order valence-corrected chi connectivity index (χ3v) is 3.04. The van der Waals surface area contributed by atoms with E-state index in [1.54, 1.807) is 0 Å². The maximum atomic E-state index is 10.8. The smallest absolute Gasteiger partial charge is 0.356 e. The van der Waals surface area contributed by atoms with Gasteiger partial charge in [0, 0.05) is 10.9 Å². The molecule has 1 aliphatic carbocycles. The molecule has 14 heavy (non-hydrogen) atoms. The Morgan fingerprint density at radius 1 is 1.50 bits per heavy atom. The summed E-state index contributed by atoms with van der Waals surface area (Å²) in [5, 5.41) is 10.7. The van der Waals surface area contributed by atoms with Gasteiger partial charge in [-0.1, -0.05) is 6.08 Å². The number of carboxylic acids is 1. The molecule has 74 valence electrons. The van der Waals surface area contributed by atoms with Crippen LogP contribution in [0.5, 0.6) is 0 Å². The molecule has 1 aliphatic rings. The zero-order valence-electron chi connectivity index (χ0n) is 7.69. The Kier molecular flexibility index (Phi) is 2.63. The van der Waals surface area contributed by atoms with Gasteiger partial charge in [-0.2, -0.15) is 4.37 Å². The molecule has 0 radical (unpaired) electrons. The first-order valence-electron chi connectivity index (χ1n) is 4.66. The SMILES string of the molecule is O=C(O)c1nscc1C1=CCCCC1. The first-order valence-corrected chi connectivity index (χ1v) is 5.50. The van der Waals surface area contributed by atoms with Gasteiger partial charge in [0.15, 0.2) is 5.69 Å². The molecular formula is C10H11NO2S. The van der Waals surface area contributed by atoms with Gasteiger partial charge in [-0.3, -0.25) is 0 Å². The fraction of sp³-hybridized carbons (Fsp3) is 0.400. The fourth-order valence-electron chi connectivity index (χ4n) is 1.70. The first kappa shape index (κ1) is 9.40. The molecule has 3 nitrogen and oxygen atoms in total. The van der Waals surface area contributed by atoms with Crippen LogP contribution in [0.15, 0.2) is 11.5 Å².